The first-order chi connectivity index (χ1) is 13.1. The van der Waals surface area contributed by atoms with E-state index in [4.69, 9.17) is 0 Å². The number of rotatable bonds is 18. The molecule has 0 radical (unpaired) electrons. The monoisotopic (exact) mass is 462 g/mol. The second kappa shape index (κ2) is 17.1. The predicted octanol–water partition coefficient (Wildman–Crippen LogP) is 4.25. The summed E-state index contributed by atoms with van der Waals surface area (Å²) in [5.74, 6) is -4.93. The van der Waals surface area contributed by atoms with Crippen molar-refractivity contribution in [2.45, 2.75) is 108 Å². The number of unbranched alkanes of at least 4 members (excludes halogenated alkanes) is 10. The van der Waals surface area contributed by atoms with Crippen LogP contribution in [0.15, 0.2) is 0 Å². The Balaban J connectivity index is 0. The fourth-order valence-electron chi connectivity index (χ4n) is 3.70. The van der Waals surface area contributed by atoms with Gasteiger partial charge in [0.25, 0.3) is 10.1 Å². The SMILES string of the molecule is CCCCCCCCC(C(=O)O)C(CCCCCCCC)(C(=O)O)S(=O)(=O)O.[KH]. The Labute approximate surface area is 218 Å². The summed E-state index contributed by atoms with van der Waals surface area (Å²) in [4.78, 5) is 23.8. The van der Waals surface area contributed by atoms with Gasteiger partial charge in [0.05, 0.1) is 5.92 Å². The van der Waals surface area contributed by atoms with Crippen LogP contribution in [0.3, 0.4) is 0 Å². The molecule has 0 aliphatic rings. The molecule has 3 N–H and O–H groups in total. The summed E-state index contributed by atoms with van der Waals surface area (Å²) < 4.78 is 31.3. The topological polar surface area (TPSA) is 129 Å². The molecule has 0 aromatic heterocycles. The van der Waals surface area contributed by atoms with E-state index in [1.807, 2.05) is 0 Å². The second-order valence-corrected chi connectivity index (χ2v) is 9.31. The van der Waals surface area contributed by atoms with Crippen molar-refractivity contribution < 1.29 is 32.8 Å². The van der Waals surface area contributed by atoms with Crippen LogP contribution in [0, 0.1) is 5.92 Å². The van der Waals surface area contributed by atoms with Crippen molar-refractivity contribution in [3.63, 3.8) is 0 Å². The van der Waals surface area contributed by atoms with Crippen LogP contribution in [-0.4, -0.2) is 91.3 Å². The van der Waals surface area contributed by atoms with Gasteiger partial charge in [-0.2, -0.15) is 8.42 Å². The summed E-state index contributed by atoms with van der Waals surface area (Å²) in [6.45, 7) is 4.14. The second-order valence-electron chi connectivity index (χ2n) is 7.63. The van der Waals surface area contributed by atoms with Crippen molar-refractivity contribution >= 4 is 73.4 Å². The Morgan fingerprint density at radius 1 is 0.793 bits per heavy atom. The fraction of sp³-hybridized carbons (Fsp3) is 0.900. The normalized spacial score (nSPS) is 14.6. The molecule has 0 aromatic carbocycles. The number of carboxylic acid groups (broad SMARTS) is 2. The molecule has 0 amide bonds. The van der Waals surface area contributed by atoms with Crippen LogP contribution in [0.2, 0.25) is 0 Å². The van der Waals surface area contributed by atoms with Crippen LogP contribution >= 0.6 is 0 Å². The van der Waals surface area contributed by atoms with Crippen LogP contribution in [0.25, 0.3) is 0 Å². The maximum absolute atomic E-state index is 12.1. The average Bonchev–Trinajstić information content (AvgIpc) is 2.60. The Kier molecular flexibility index (Phi) is 18.7. The van der Waals surface area contributed by atoms with E-state index < -0.39 is 32.7 Å². The Morgan fingerprint density at radius 2 is 1.21 bits per heavy atom. The van der Waals surface area contributed by atoms with Gasteiger partial charge in [-0.15, -0.1) is 0 Å². The van der Waals surface area contributed by atoms with Gasteiger partial charge in [0, 0.05) is 0 Å². The molecule has 2 atom stereocenters. The number of hydrogen-bond acceptors (Lipinski definition) is 4. The van der Waals surface area contributed by atoms with Gasteiger partial charge in [-0.1, -0.05) is 90.9 Å². The molecular weight excluding hydrogens is 423 g/mol. The molecule has 0 fully saturated rings. The summed E-state index contributed by atoms with van der Waals surface area (Å²) in [5, 5.41) is 19.3. The van der Waals surface area contributed by atoms with Crippen LogP contribution in [0.5, 0.6) is 0 Å². The first-order valence-corrected chi connectivity index (χ1v) is 12.0. The third kappa shape index (κ3) is 11.1. The zero-order valence-corrected chi connectivity index (χ0v) is 18.2. The molecule has 0 saturated carbocycles. The van der Waals surface area contributed by atoms with Crippen LogP contribution in [0.4, 0.5) is 0 Å². The molecule has 0 heterocycles. The summed E-state index contributed by atoms with van der Waals surface area (Å²) in [7, 11) is -5.10. The van der Waals surface area contributed by atoms with Gasteiger partial charge >= 0.3 is 63.3 Å². The van der Waals surface area contributed by atoms with E-state index in [0.29, 0.717) is 19.3 Å². The Hall–Kier alpha value is 0.486. The molecule has 168 valence electrons. The molecule has 9 heteroatoms. The summed E-state index contributed by atoms with van der Waals surface area (Å²) in [6.07, 6.45) is 9.43. The van der Waals surface area contributed by atoms with Gasteiger partial charge in [-0.05, 0) is 12.8 Å². The van der Waals surface area contributed by atoms with E-state index in [-0.39, 0.29) is 70.6 Å². The fourth-order valence-corrected chi connectivity index (χ4v) is 4.90. The molecule has 0 spiro atoms. The van der Waals surface area contributed by atoms with Crippen molar-refractivity contribution in [1.29, 1.82) is 0 Å². The number of aliphatic carboxylic acids is 2. The summed E-state index contributed by atoms with van der Waals surface area (Å²) in [5.41, 5.74) is 0. The number of carbonyl (C=O) groups is 2. The van der Waals surface area contributed by atoms with E-state index in [1.165, 1.54) is 0 Å². The van der Waals surface area contributed by atoms with Crippen LogP contribution in [0.1, 0.15) is 104 Å². The van der Waals surface area contributed by atoms with E-state index in [1.54, 1.807) is 0 Å². The van der Waals surface area contributed by atoms with Crippen LogP contribution in [-0.2, 0) is 19.7 Å². The molecular formula is C20H39KO7S. The molecule has 2 unspecified atom stereocenters. The van der Waals surface area contributed by atoms with E-state index in [9.17, 15) is 32.8 Å². The standard InChI is InChI=1S/C20H38O7S.K.H/c1-3-5-7-9-11-13-15-17(18(21)22)20(19(23)24,28(25,26)27)16-14-12-10-8-6-4-2;;/h17H,3-16H2,1-2H3,(H,21,22)(H,23,24)(H,25,26,27);;. The summed E-state index contributed by atoms with van der Waals surface area (Å²) >= 11 is 0. The number of hydrogen-bond donors (Lipinski definition) is 3. The van der Waals surface area contributed by atoms with E-state index in [0.717, 1.165) is 51.4 Å². The van der Waals surface area contributed by atoms with E-state index in [2.05, 4.69) is 13.8 Å². The first-order valence-electron chi connectivity index (χ1n) is 10.6. The van der Waals surface area contributed by atoms with Gasteiger partial charge in [0.15, 0.2) is 0 Å². The van der Waals surface area contributed by atoms with Crippen molar-refractivity contribution in [3.05, 3.63) is 0 Å². The zero-order valence-electron chi connectivity index (χ0n) is 17.4. The average molecular weight is 463 g/mol. The molecule has 0 aliphatic heterocycles. The quantitative estimate of drug-likeness (QED) is 0.158. The van der Waals surface area contributed by atoms with E-state index >= 15 is 0 Å². The molecule has 0 saturated heterocycles. The Morgan fingerprint density at radius 3 is 1.59 bits per heavy atom. The molecule has 0 bridgehead atoms. The van der Waals surface area contributed by atoms with Gasteiger partial charge < -0.3 is 10.2 Å². The zero-order chi connectivity index (χ0) is 21.6. The van der Waals surface area contributed by atoms with Crippen molar-refractivity contribution in [2.75, 3.05) is 0 Å². The maximum atomic E-state index is 12.1. The Bertz CT molecular complexity index is 565. The predicted molar refractivity (Wildman–Crippen MR) is 116 cm³/mol. The molecule has 0 aliphatic carbocycles. The summed E-state index contributed by atoms with van der Waals surface area (Å²) in [6, 6.07) is 0. The van der Waals surface area contributed by atoms with Crippen LogP contribution < -0.4 is 0 Å². The van der Waals surface area contributed by atoms with Crippen molar-refractivity contribution in [2.24, 2.45) is 5.92 Å². The first kappa shape index (κ1) is 31.7. The van der Waals surface area contributed by atoms with Crippen molar-refractivity contribution in [1.82, 2.24) is 0 Å². The molecule has 0 aromatic rings. The third-order valence-electron chi connectivity index (χ3n) is 5.43. The number of carboxylic acids is 2. The molecule has 29 heavy (non-hydrogen) atoms. The van der Waals surface area contributed by atoms with Gasteiger partial charge in [-0.25, -0.2) is 0 Å². The van der Waals surface area contributed by atoms with Gasteiger partial charge in [0.2, 0.25) is 4.75 Å². The van der Waals surface area contributed by atoms with Gasteiger partial charge in [0.1, 0.15) is 0 Å². The van der Waals surface area contributed by atoms with Gasteiger partial charge in [-0.3, -0.25) is 14.1 Å². The minimum absolute atomic E-state index is 0. The minimum atomic E-state index is -5.10. The third-order valence-corrected chi connectivity index (χ3v) is 7.02. The molecule has 7 nitrogen and oxygen atoms in total. The van der Waals surface area contributed by atoms with Crippen molar-refractivity contribution in [3.8, 4) is 0 Å². The molecule has 0 rings (SSSR count).